The van der Waals surface area contributed by atoms with Crippen LogP contribution in [-0.2, 0) is 14.3 Å². The molecule has 0 aliphatic carbocycles. The van der Waals surface area contributed by atoms with Crippen molar-refractivity contribution in [3.8, 4) is 0 Å². The Morgan fingerprint density at radius 3 is 2.31 bits per heavy atom. The number of amides is 1. The van der Waals surface area contributed by atoms with E-state index < -0.39 is 0 Å². The number of carbonyl (C=O) groups is 1. The number of aliphatic hydroxyl groups is 1. The van der Waals surface area contributed by atoms with Gasteiger partial charge in [0, 0.05) is 34.9 Å². The zero-order valence-electron chi connectivity index (χ0n) is 10.6. The largest absolute Gasteiger partial charge is 0.396 e. The van der Waals surface area contributed by atoms with E-state index in [0.717, 1.165) is 6.42 Å². The summed E-state index contributed by atoms with van der Waals surface area (Å²) in [5.41, 5.74) is 0. The maximum absolute atomic E-state index is 10.7. The zero-order valence-corrected chi connectivity index (χ0v) is 10.6. The van der Waals surface area contributed by atoms with E-state index in [1.807, 2.05) is 13.8 Å². The fourth-order valence-corrected chi connectivity index (χ4v) is 0.769. The highest BCUT2D eigenvalue weighted by atomic mass is 16.5. The average molecular weight is 237 g/mol. The highest BCUT2D eigenvalue weighted by Gasteiger charge is 1.96. The first-order valence-electron chi connectivity index (χ1n) is 5.78. The van der Waals surface area contributed by atoms with Gasteiger partial charge in [0.2, 0.25) is 5.91 Å². The summed E-state index contributed by atoms with van der Waals surface area (Å²) in [5, 5.41) is 10.9. The summed E-state index contributed by atoms with van der Waals surface area (Å²) in [7, 11) is 1.57. The van der Waals surface area contributed by atoms with Crippen LogP contribution in [0.2, 0.25) is 0 Å². The predicted molar refractivity (Wildman–Crippen MR) is 65.5 cm³/mol. The number of ether oxygens (including phenoxy) is 2. The number of hydrogen-bond acceptors (Lipinski definition) is 4. The van der Waals surface area contributed by atoms with Crippen molar-refractivity contribution >= 4 is 5.91 Å². The third kappa shape index (κ3) is 15.8. The topological polar surface area (TPSA) is 67.8 Å². The van der Waals surface area contributed by atoms with E-state index in [-0.39, 0.29) is 20.5 Å². The molecule has 5 heteroatoms. The van der Waals surface area contributed by atoms with Crippen molar-refractivity contribution < 1.29 is 20.8 Å². The Bertz CT molecular complexity index is 147. The van der Waals surface area contributed by atoms with Crippen LogP contribution < -0.4 is 5.32 Å². The van der Waals surface area contributed by atoms with Crippen LogP contribution in [0.15, 0.2) is 0 Å². The molecular weight excluding hydrogens is 210 g/mol. The highest BCUT2D eigenvalue weighted by molar-refractivity contribution is 5.76. The molecule has 0 saturated heterocycles. The Balaban J connectivity index is -0.000000616. The van der Waals surface area contributed by atoms with E-state index in [1.165, 1.54) is 0 Å². The first-order valence-corrected chi connectivity index (χ1v) is 5.78. The second kappa shape index (κ2) is 16.8. The fraction of sp³-hybridized carbons (Fsp3) is 0.909. The van der Waals surface area contributed by atoms with Gasteiger partial charge in [-0.25, -0.2) is 0 Å². The average Bonchev–Trinajstić information content (AvgIpc) is 2.34. The van der Waals surface area contributed by atoms with Gasteiger partial charge < -0.3 is 19.9 Å². The van der Waals surface area contributed by atoms with E-state index in [2.05, 4.69) is 5.32 Å². The van der Waals surface area contributed by atoms with Crippen molar-refractivity contribution in [3.63, 3.8) is 0 Å². The summed E-state index contributed by atoms with van der Waals surface area (Å²) in [5.74, 6) is -0.119. The van der Waals surface area contributed by atoms with Gasteiger partial charge in [0.15, 0.2) is 0 Å². The van der Waals surface area contributed by atoms with Crippen molar-refractivity contribution in [2.45, 2.75) is 26.7 Å². The molecule has 5 nitrogen and oxygen atoms in total. The summed E-state index contributed by atoms with van der Waals surface area (Å²) in [6, 6.07) is 0. The normalized spacial score (nSPS) is 9.25. The van der Waals surface area contributed by atoms with Crippen LogP contribution >= 0.6 is 0 Å². The van der Waals surface area contributed by atoms with Crippen LogP contribution in [0, 0.1) is 0 Å². The lowest BCUT2D eigenvalue weighted by Crippen LogP contribution is -2.23. The monoisotopic (exact) mass is 237 g/mol. The molecule has 0 spiro atoms. The van der Waals surface area contributed by atoms with Gasteiger partial charge in [-0.3, -0.25) is 4.79 Å². The fourth-order valence-electron chi connectivity index (χ4n) is 0.769. The van der Waals surface area contributed by atoms with Crippen molar-refractivity contribution in [1.29, 1.82) is 0 Å². The maximum atomic E-state index is 10.7. The third-order valence-corrected chi connectivity index (χ3v) is 1.54. The Morgan fingerprint density at radius 1 is 1.19 bits per heavy atom. The van der Waals surface area contributed by atoms with Gasteiger partial charge in [-0.05, 0) is 12.8 Å². The van der Waals surface area contributed by atoms with Crippen LogP contribution in [0.1, 0.15) is 28.1 Å². The SMILES string of the molecule is CC.CNC(=O)COCCCOCCCO.[HH]. The molecule has 0 fully saturated rings. The maximum Gasteiger partial charge on any atom is 0.245 e. The number of aliphatic hydroxyl groups excluding tert-OH is 1. The standard InChI is InChI=1S/C9H19NO4.C2H6.H2/c1-10-9(12)8-14-7-3-6-13-5-2-4-11;1-2;/h11H,2-8H2,1H3,(H,10,12);1-2H3;1H. The van der Waals surface area contributed by atoms with Crippen molar-refractivity contribution in [1.82, 2.24) is 5.32 Å². The number of hydrogen-bond donors (Lipinski definition) is 2. The van der Waals surface area contributed by atoms with E-state index in [4.69, 9.17) is 14.6 Å². The molecule has 0 aromatic heterocycles. The summed E-state index contributed by atoms with van der Waals surface area (Å²) in [4.78, 5) is 10.7. The minimum absolute atomic E-state index is 0. The Morgan fingerprint density at radius 2 is 1.75 bits per heavy atom. The van der Waals surface area contributed by atoms with Crippen LogP contribution in [0.5, 0.6) is 0 Å². The molecule has 16 heavy (non-hydrogen) atoms. The summed E-state index contributed by atoms with van der Waals surface area (Å²) in [6.07, 6.45) is 1.43. The van der Waals surface area contributed by atoms with Crippen molar-refractivity contribution in [2.24, 2.45) is 0 Å². The molecule has 0 aromatic rings. The van der Waals surface area contributed by atoms with Gasteiger partial charge in [0.05, 0.1) is 0 Å². The Hall–Kier alpha value is -0.650. The van der Waals surface area contributed by atoms with Gasteiger partial charge >= 0.3 is 0 Å². The minimum Gasteiger partial charge on any atom is -0.396 e. The number of likely N-dealkylation sites (N-methyl/N-ethyl adjacent to an activating group) is 1. The molecule has 0 atom stereocenters. The lowest BCUT2D eigenvalue weighted by molar-refractivity contribution is -0.125. The molecule has 0 bridgehead atoms. The Kier molecular flexibility index (Phi) is 18.6. The Labute approximate surface area is 99.6 Å². The first-order chi connectivity index (χ1) is 7.81. The van der Waals surface area contributed by atoms with Crippen molar-refractivity contribution in [3.05, 3.63) is 0 Å². The van der Waals surface area contributed by atoms with Crippen LogP contribution in [-0.4, -0.2) is 51.1 Å². The molecule has 2 N–H and O–H groups in total. The lowest BCUT2D eigenvalue weighted by Gasteiger charge is -2.04. The summed E-state index contributed by atoms with van der Waals surface area (Å²) < 4.78 is 10.2. The molecule has 0 radical (unpaired) electrons. The number of carbonyl (C=O) groups excluding carboxylic acids is 1. The molecule has 0 unspecified atom stereocenters. The van der Waals surface area contributed by atoms with Gasteiger partial charge in [-0.15, -0.1) is 0 Å². The summed E-state index contributed by atoms with van der Waals surface area (Å²) in [6.45, 7) is 5.96. The van der Waals surface area contributed by atoms with Crippen LogP contribution in [0.3, 0.4) is 0 Å². The van der Waals surface area contributed by atoms with E-state index in [1.54, 1.807) is 7.05 Å². The summed E-state index contributed by atoms with van der Waals surface area (Å²) >= 11 is 0. The number of rotatable bonds is 9. The molecular formula is C11H27NO4. The molecule has 0 aromatic carbocycles. The minimum atomic E-state index is -0.119. The van der Waals surface area contributed by atoms with Gasteiger partial charge in [-0.1, -0.05) is 13.8 Å². The van der Waals surface area contributed by atoms with E-state index in [9.17, 15) is 4.79 Å². The molecule has 0 saturated carbocycles. The van der Waals surface area contributed by atoms with Crippen LogP contribution in [0.25, 0.3) is 0 Å². The smallest absolute Gasteiger partial charge is 0.245 e. The van der Waals surface area contributed by atoms with Gasteiger partial charge in [0.25, 0.3) is 0 Å². The van der Waals surface area contributed by atoms with Gasteiger partial charge in [0.1, 0.15) is 6.61 Å². The lowest BCUT2D eigenvalue weighted by atomic mass is 10.4. The molecule has 0 heterocycles. The number of nitrogens with one attached hydrogen (secondary N) is 1. The molecule has 0 aliphatic heterocycles. The van der Waals surface area contributed by atoms with Crippen LogP contribution in [0.4, 0.5) is 0 Å². The molecule has 1 amide bonds. The molecule has 0 aliphatic rings. The molecule has 100 valence electrons. The third-order valence-electron chi connectivity index (χ3n) is 1.54. The van der Waals surface area contributed by atoms with Crippen molar-refractivity contribution in [2.75, 3.05) is 40.1 Å². The highest BCUT2D eigenvalue weighted by Crippen LogP contribution is 1.87. The quantitative estimate of drug-likeness (QED) is 0.582. The van der Waals surface area contributed by atoms with E-state index in [0.29, 0.717) is 26.2 Å². The predicted octanol–water partition coefficient (Wildman–Crippen LogP) is 0.810. The second-order valence-electron chi connectivity index (χ2n) is 2.77. The molecule has 0 rings (SSSR count). The van der Waals surface area contributed by atoms with E-state index >= 15 is 0 Å². The first kappa shape index (κ1) is 17.7. The second-order valence-corrected chi connectivity index (χ2v) is 2.77. The van der Waals surface area contributed by atoms with Gasteiger partial charge in [-0.2, -0.15) is 0 Å². The zero-order chi connectivity index (χ0) is 12.6.